The number of benzene rings is 1. The summed E-state index contributed by atoms with van der Waals surface area (Å²) in [6.07, 6.45) is 5.82. The first-order chi connectivity index (χ1) is 8.63. The third kappa shape index (κ3) is 5.39. The van der Waals surface area contributed by atoms with Crippen LogP contribution in [0.2, 0.25) is 0 Å². The van der Waals surface area contributed by atoms with Crippen LogP contribution < -0.4 is 0 Å². The minimum Gasteiger partial charge on any atom is -0.378 e. The Hall–Kier alpha value is -1.24. The highest BCUT2D eigenvalue weighted by Gasteiger charge is 2.05. The molecule has 0 aliphatic carbocycles. The number of hydrogen-bond acceptors (Lipinski definition) is 1. The third-order valence-corrected chi connectivity index (χ3v) is 3.24. The molecule has 0 radical (unpaired) electrons. The van der Waals surface area contributed by atoms with Crippen LogP contribution in [-0.4, -0.2) is 18.5 Å². The summed E-state index contributed by atoms with van der Waals surface area (Å²) in [6, 6.07) is 10.7. The zero-order chi connectivity index (χ0) is 13.4. The van der Waals surface area contributed by atoms with E-state index in [1.54, 1.807) is 0 Å². The largest absolute Gasteiger partial charge is 0.378 e. The molecule has 0 saturated carbocycles. The molecular formula is C17H27N. The Morgan fingerprint density at radius 1 is 1.22 bits per heavy atom. The number of aryl methyl sites for hydroxylation is 1. The fourth-order valence-corrected chi connectivity index (χ4v) is 2.22. The summed E-state index contributed by atoms with van der Waals surface area (Å²) in [5.41, 5.74) is 2.91. The van der Waals surface area contributed by atoms with Crippen molar-refractivity contribution in [3.05, 3.63) is 47.7 Å². The SMILES string of the molecule is C/C=C(\CC(C)C)N(C)CCCc1ccccc1. The molecule has 0 saturated heterocycles. The first-order valence-corrected chi connectivity index (χ1v) is 7.03. The van der Waals surface area contributed by atoms with E-state index in [1.165, 1.54) is 30.5 Å². The van der Waals surface area contributed by atoms with Crippen molar-refractivity contribution < 1.29 is 0 Å². The van der Waals surface area contributed by atoms with Crippen molar-refractivity contribution in [2.24, 2.45) is 5.92 Å². The van der Waals surface area contributed by atoms with Crippen molar-refractivity contribution in [1.29, 1.82) is 0 Å². The molecule has 1 nitrogen and oxygen atoms in total. The van der Waals surface area contributed by atoms with Crippen molar-refractivity contribution in [3.8, 4) is 0 Å². The summed E-state index contributed by atoms with van der Waals surface area (Å²) >= 11 is 0. The summed E-state index contributed by atoms with van der Waals surface area (Å²) in [6.45, 7) is 7.84. The molecule has 1 aromatic rings. The predicted molar refractivity (Wildman–Crippen MR) is 80.6 cm³/mol. The number of allylic oxidation sites excluding steroid dienone is 2. The second-order valence-electron chi connectivity index (χ2n) is 5.39. The molecule has 18 heavy (non-hydrogen) atoms. The average Bonchev–Trinajstić information content (AvgIpc) is 2.36. The molecule has 0 amide bonds. The maximum Gasteiger partial charge on any atom is 0.0174 e. The minimum atomic E-state index is 0.729. The van der Waals surface area contributed by atoms with Gasteiger partial charge in [-0.15, -0.1) is 0 Å². The smallest absolute Gasteiger partial charge is 0.0174 e. The van der Waals surface area contributed by atoms with Crippen LogP contribution in [0.15, 0.2) is 42.1 Å². The average molecular weight is 245 g/mol. The molecule has 1 rings (SSSR count). The van der Waals surface area contributed by atoms with Crippen molar-refractivity contribution >= 4 is 0 Å². The molecule has 0 bridgehead atoms. The summed E-state index contributed by atoms with van der Waals surface area (Å²) in [4.78, 5) is 2.41. The molecular weight excluding hydrogens is 218 g/mol. The van der Waals surface area contributed by atoms with Gasteiger partial charge in [0.05, 0.1) is 0 Å². The van der Waals surface area contributed by atoms with Crippen LogP contribution in [0, 0.1) is 5.92 Å². The molecule has 0 heterocycles. The summed E-state index contributed by atoms with van der Waals surface area (Å²) in [5.74, 6) is 0.729. The topological polar surface area (TPSA) is 3.24 Å². The van der Waals surface area contributed by atoms with Crippen molar-refractivity contribution in [3.63, 3.8) is 0 Å². The van der Waals surface area contributed by atoms with E-state index in [0.29, 0.717) is 0 Å². The Bertz CT molecular complexity index is 351. The Labute approximate surface area is 113 Å². The maximum atomic E-state index is 2.41. The van der Waals surface area contributed by atoms with E-state index >= 15 is 0 Å². The van der Waals surface area contributed by atoms with Crippen LogP contribution in [-0.2, 0) is 6.42 Å². The standard InChI is InChI=1S/C17H27N/c1-5-17(14-15(2)3)18(4)13-9-12-16-10-7-6-8-11-16/h5-8,10-11,15H,9,12-14H2,1-4H3/b17-5+. The highest BCUT2D eigenvalue weighted by molar-refractivity contribution is 5.14. The van der Waals surface area contributed by atoms with Crippen LogP contribution in [0.4, 0.5) is 0 Å². The molecule has 0 N–H and O–H groups in total. The van der Waals surface area contributed by atoms with Crippen LogP contribution in [0.25, 0.3) is 0 Å². The lowest BCUT2D eigenvalue weighted by atomic mass is 10.1. The second-order valence-corrected chi connectivity index (χ2v) is 5.39. The van der Waals surface area contributed by atoms with Crippen molar-refractivity contribution in [2.75, 3.05) is 13.6 Å². The normalized spacial score (nSPS) is 11.9. The van der Waals surface area contributed by atoms with Gasteiger partial charge in [0, 0.05) is 19.3 Å². The molecule has 0 aliphatic rings. The molecule has 0 aromatic heterocycles. The monoisotopic (exact) mass is 245 g/mol. The van der Waals surface area contributed by atoms with Gasteiger partial charge in [-0.2, -0.15) is 0 Å². The van der Waals surface area contributed by atoms with Gasteiger partial charge in [-0.05, 0) is 37.7 Å². The van der Waals surface area contributed by atoms with Gasteiger partial charge in [-0.1, -0.05) is 50.3 Å². The molecule has 0 spiro atoms. The van der Waals surface area contributed by atoms with Crippen LogP contribution in [0.3, 0.4) is 0 Å². The van der Waals surface area contributed by atoms with E-state index in [1.807, 2.05) is 0 Å². The van der Waals surface area contributed by atoms with Crippen molar-refractivity contribution in [1.82, 2.24) is 4.90 Å². The van der Waals surface area contributed by atoms with Crippen LogP contribution >= 0.6 is 0 Å². The van der Waals surface area contributed by atoms with Gasteiger partial charge in [0.1, 0.15) is 0 Å². The highest BCUT2D eigenvalue weighted by atomic mass is 15.1. The lowest BCUT2D eigenvalue weighted by Gasteiger charge is -2.24. The van der Waals surface area contributed by atoms with Gasteiger partial charge in [0.2, 0.25) is 0 Å². The predicted octanol–water partition coefficient (Wildman–Crippen LogP) is 4.50. The molecule has 0 unspecified atom stereocenters. The summed E-state index contributed by atoms with van der Waals surface area (Å²) < 4.78 is 0. The zero-order valence-electron chi connectivity index (χ0n) is 12.3. The van der Waals surface area contributed by atoms with E-state index in [-0.39, 0.29) is 0 Å². The van der Waals surface area contributed by atoms with Gasteiger partial charge in [0.25, 0.3) is 0 Å². The molecule has 0 aliphatic heterocycles. The Morgan fingerprint density at radius 2 is 1.89 bits per heavy atom. The molecule has 0 atom stereocenters. The van der Waals surface area contributed by atoms with E-state index in [2.05, 4.69) is 69.1 Å². The Morgan fingerprint density at radius 3 is 2.44 bits per heavy atom. The van der Waals surface area contributed by atoms with Gasteiger partial charge < -0.3 is 4.90 Å². The van der Waals surface area contributed by atoms with Gasteiger partial charge in [-0.3, -0.25) is 0 Å². The highest BCUT2D eigenvalue weighted by Crippen LogP contribution is 2.14. The fraction of sp³-hybridized carbons (Fsp3) is 0.529. The van der Waals surface area contributed by atoms with E-state index < -0.39 is 0 Å². The van der Waals surface area contributed by atoms with Gasteiger partial charge >= 0.3 is 0 Å². The molecule has 1 heteroatoms. The fourth-order valence-electron chi connectivity index (χ4n) is 2.22. The Kier molecular flexibility index (Phi) is 6.56. The third-order valence-electron chi connectivity index (χ3n) is 3.24. The summed E-state index contributed by atoms with van der Waals surface area (Å²) in [7, 11) is 2.21. The van der Waals surface area contributed by atoms with Crippen molar-refractivity contribution in [2.45, 2.75) is 40.0 Å². The van der Waals surface area contributed by atoms with Crippen LogP contribution in [0.1, 0.15) is 39.2 Å². The molecule has 100 valence electrons. The quantitative estimate of drug-likeness (QED) is 0.683. The van der Waals surface area contributed by atoms with Gasteiger partial charge in [0.15, 0.2) is 0 Å². The first-order valence-electron chi connectivity index (χ1n) is 7.03. The summed E-state index contributed by atoms with van der Waals surface area (Å²) in [5, 5.41) is 0. The first kappa shape index (κ1) is 14.8. The lowest BCUT2D eigenvalue weighted by molar-refractivity contribution is 0.376. The molecule has 1 aromatic carbocycles. The number of hydrogen-bond donors (Lipinski definition) is 0. The van der Waals surface area contributed by atoms with E-state index in [9.17, 15) is 0 Å². The van der Waals surface area contributed by atoms with Gasteiger partial charge in [-0.25, -0.2) is 0 Å². The van der Waals surface area contributed by atoms with E-state index in [0.717, 1.165) is 12.5 Å². The van der Waals surface area contributed by atoms with Crippen LogP contribution in [0.5, 0.6) is 0 Å². The number of rotatable bonds is 7. The zero-order valence-corrected chi connectivity index (χ0v) is 12.3. The number of nitrogens with zero attached hydrogens (tertiary/aromatic N) is 1. The minimum absolute atomic E-state index is 0.729. The Balaban J connectivity index is 2.34. The molecule has 0 fully saturated rings. The second kappa shape index (κ2) is 7.97. The van der Waals surface area contributed by atoms with E-state index in [4.69, 9.17) is 0 Å². The lowest BCUT2D eigenvalue weighted by Crippen LogP contribution is -2.20. The maximum absolute atomic E-state index is 2.41.